The van der Waals surface area contributed by atoms with Crippen LogP contribution in [0.2, 0.25) is 5.02 Å². The molecule has 3 aromatic rings. The predicted octanol–water partition coefficient (Wildman–Crippen LogP) is 4.02. The Labute approximate surface area is 119 Å². The number of halogens is 1. The van der Waals surface area contributed by atoms with Crippen molar-refractivity contribution in [2.24, 2.45) is 0 Å². The first-order valence-corrected chi connectivity index (χ1v) is 6.87. The third-order valence-corrected chi connectivity index (χ3v) is 3.79. The molecule has 2 N–H and O–H groups in total. The fourth-order valence-corrected chi connectivity index (χ4v) is 2.82. The highest BCUT2D eigenvalue weighted by Crippen LogP contribution is 2.31. The SMILES string of the molecule is Nc1nc2ccccc2nc1Sc1cccc(Cl)c1. The van der Waals surface area contributed by atoms with Crippen molar-refractivity contribution in [1.82, 2.24) is 9.97 Å². The highest BCUT2D eigenvalue weighted by Gasteiger charge is 2.07. The van der Waals surface area contributed by atoms with Gasteiger partial charge < -0.3 is 5.73 Å². The largest absolute Gasteiger partial charge is 0.381 e. The maximum Gasteiger partial charge on any atom is 0.157 e. The normalized spacial score (nSPS) is 10.8. The molecule has 19 heavy (non-hydrogen) atoms. The number of rotatable bonds is 2. The molecular weight excluding hydrogens is 278 g/mol. The number of nitrogen functional groups attached to an aromatic ring is 1. The number of nitrogens with two attached hydrogens (primary N) is 1. The molecule has 0 atom stereocenters. The number of fused-ring (bicyclic) bond motifs is 1. The molecule has 0 spiro atoms. The van der Waals surface area contributed by atoms with E-state index in [2.05, 4.69) is 9.97 Å². The summed E-state index contributed by atoms with van der Waals surface area (Å²) in [6.07, 6.45) is 0. The Morgan fingerprint density at radius 2 is 1.68 bits per heavy atom. The smallest absolute Gasteiger partial charge is 0.157 e. The molecule has 0 unspecified atom stereocenters. The highest BCUT2D eigenvalue weighted by atomic mass is 35.5. The molecule has 0 aliphatic rings. The van der Waals surface area contributed by atoms with Crippen LogP contribution in [-0.2, 0) is 0 Å². The zero-order valence-corrected chi connectivity index (χ0v) is 11.4. The lowest BCUT2D eigenvalue weighted by molar-refractivity contribution is 1.13. The van der Waals surface area contributed by atoms with Gasteiger partial charge in [-0.25, -0.2) is 9.97 Å². The van der Waals surface area contributed by atoms with E-state index in [4.69, 9.17) is 17.3 Å². The van der Waals surface area contributed by atoms with Gasteiger partial charge in [0.1, 0.15) is 5.03 Å². The molecule has 3 nitrogen and oxygen atoms in total. The zero-order valence-electron chi connectivity index (χ0n) is 9.88. The second-order valence-electron chi connectivity index (χ2n) is 3.96. The van der Waals surface area contributed by atoms with Gasteiger partial charge in [-0.2, -0.15) is 0 Å². The molecule has 3 rings (SSSR count). The number of aromatic nitrogens is 2. The molecule has 1 aromatic heterocycles. The van der Waals surface area contributed by atoms with Crippen molar-refractivity contribution in [3.63, 3.8) is 0 Å². The van der Waals surface area contributed by atoms with E-state index in [1.54, 1.807) is 0 Å². The van der Waals surface area contributed by atoms with Crippen LogP contribution in [0.15, 0.2) is 58.5 Å². The quantitative estimate of drug-likeness (QED) is 0.773. The van der Waals surface area contributed by atoms with Crippen LogP contribution in [0, 0.1) is 0 Å². The van der Waals surface area contributed by atoms with Crippen molar-refractivity contribution in [2.45, 2.75) is 9.92 Å². The first kappa shape index (κ1) is 12.3. The fraction of sp³-hybridized carbons (Fsp3) is 0. The summed E-state index contributed by atoms with van der Waals surface area (Å²) >= 11 is 7.43. The van der Waals surface area contributed by atoms with Crippen LogP contribution < -0.4 is 5.73 Å². The summed E-state index contributed by atoms with van der Waals surface area (Å²) in [6, 6.07) is 15.2. The summed E-state index contributed by atoms with van der Waals surface area (Å²) < 4.78 is 0. The van der Waals surface area contributed by atoms with E-state index in [-0.39, 0.29) is 0 Å². The van der Waals surface area contributed by atoms with Crippen LogP contribution in [0.4, 0.5) is 5.82 Å². The number of anilines is 1. The maximum absolute atomic E-state index is 5.97. The first-order valence-electron chi connectivity index (χ1n) is 5.68. The second-order valence-corrected chi connectivity index (χ2v) is 5.46. The molecule has 0 aliphatic heterocycles. The van der Waals surface area contributed by atoms with Gasteiger partial charge in [-0.15, -0.1) is 0 Å². The van der Waals surface area contributed by atoms with Gasteiger partial charge in [-0.3, -0.25) is 0 Å². The number of hydrogen-bond acceptors (Lipinski definition) is 4. The molecule has 1 heterocycles. The Bertz CT molecular complexity index is 746. The summed E-state index contributed by atoms with van der Waals surface area (Å²) in [5.74, 6) is 0.434. The van der Waals surface area contributed by atoms with Crippen molar-refractivity contribution in [1.29, 1.82) is 0 Å². The van der Waals surface area contributed by atoms with Crippen molar-refractivity contribution in [2.75, 3.05) is 5.73 Å². The lowest BCUT2D eigenvalue weighted by Gasteiger charge is -2.06. The van der Waals surface area contributed by atoms with Crippen molar-refractivity contribution in [3.05, 3.63) is 53.6 Å². The Morgan fingerprint density at radius 1 is 0.947 bits per heavy atom. The molecule has 2 aromatic carbocycles. The Morgan fingerprint density at radius 3 is 2.42 bits per heavy atom. The van der Waals surface area contributed by atoms with Gasteiger partial charge >= 0.3 is 0 Å². The summed E-state index contributed by atoms with van der Waals surface area (Å²) in [4.78, 5) is 9.88. The molecule has 0 fully saturated rings. The monoisotopic (exact) mass is 287 g/mol. The number of nitrogens with zero attached hydrogens (tertiary/aromatic N) is 2. The molecular formula is C14H10ClN3S. The van der Waals surface area contributed by atoms with Crippen molar-refractivity contribution >= 4 is 40.2 Å². The first-order chi connectivity index (χ1) is 9.22. The van der Waals surface area contributed by atoms with Gasteiger partial charge in [0.25, 0.3) is 0 Å². The van der Waals surface area contributed by atoms with E-state index in [0.29, 0.717) is 15.9 Å². The van der Waals surface area contributed by atoms with Crippen LogP contribution in [-0.4, -0.2) is 9.97 Å². The molecule has 5 heteroatoms. The lowest BCUT2D eigenvalue weighted by atomic mass is 10.3. The maximum atomic E-state index is 5.97. The van der Waals surface area contributed by atoms with Crippen LogP contribution in [0.25, 0.3) is 11.0 Å². The summed E-state index contributed by atoms with van der Waals surface area (Å²) in [7, 11) is 0. The average Bonchev–Trinajstić information content (AvgIpc) is 2.40. The predicted molar refractivity (Wildman–Crippen MR) is 79.5 cm³/mol. The minimum absolute atomic E-state index is 0.434. The van der Waals surface area contributed by atoms with Crippen molar-refractivity contribution in [3.8, 4) is 0 Å². The van der Waals surface area contributed by atoms with Gasteiger partial charge in [0.15, 0.2) is 5.82 Å². The number of benzene rings is 2. The molecule has 0 aliphatic carbocycles. The molecule has 0 amide bonds. The number of para-hydroxylation sites is 2. The van der Waals surface area contributed by atoms with Gasteiger partial charge in [-0.1, -0.05) is 41.6 Å². The minimum atomic E-state index is 0.434. The third-order valence-electron chi connectivity index (χ3n) is 2.57. The Balaban J connectivity index is 2.03. The third kappa shape index (κ3) is 2.64. The van der Waals surface area contributed by atoms with E-state index in [1.807, 2.05) is 48.5 Å². The van der Waals surface area contributed by atoms with Crippen LogP contribution in [0.1, 0.15) is 0 Å². The van der Waals surface area contributed by atoms with Crippen LogP contribution in [0.3, 0.4) is 0 Å². The van der Waals surface area contributed by atoms with Crippen molar-refractivity contribution < 1.29 is 0 Å². The summed E-state index contributed by atoms with van der Waals surface area (Å²) in [5, 5.41) is 1.39. The average molecular weight is 288 g/mol. The van der Waals surface area contributed by atoms with E-state index >= 15 is 0 Å². The Kier molecular flexibility index (Phi) is 3.27. The molecule has 0 saturated carbocycles. The standard InChI is InChI=1S/C14H10ClN3S/c15-9-4-3-5-10(8-9)19-14-13(16)17-11-6-1-2-7-12(11)18-14/h1-8H,(H2,16,17). The second kappa shape index (κ2) is 5.07. The number of hydrogen-bond donors (Lipinski definition) is 1. The Hall–Kier alpha value is -1.78. The molecule has 0 saturated heterocycles. The van der Waals surface area contributed by atoms with Gasteiger partial charge in [0, 0.05) is 9.92 Å². The molecule has 94 valence electrons. The zero-order chi connectivity index (χ0) is 13.2. The minimum Gasteiger partial charge on any atom is -0.381 e. The van der Waals surface area contributed by atoms with Gasteiger partial charge in [-0.05, 0) is 30.3 Å². The topological polar surface area (TPSA) is 51.8 Å². The molecule has 0 radical (unpaired) electrons. The van der Waals surface area contributed by atoms with E-state index < -0.39 is 0 Å². The van der Waals surface area contributed by atoms with E-state index in [9.17, 15) is 0 Å². The van der Waals surface area contributed by atoms with Crippen LogP contribution >= 0.6 is 23.4 Å². The van der Waals surface area contributed by atoms with Gasteiger partial charge in [0.2, 0.25) is 0 Å². The van der Waals surface area contributed by atoms with E-state index in [1.165, 1.54) is 11.8 Å². The summed E-state index contributed by atoms with van der Waals surface area (Å²) in [6.45, 7) is 0. The van der Waals surface area contributed by atoms with Gasteiger partial charge in [0.05, 0.1) is 11.0 Å². The highest BCUT2D eigenvalue weighted by molar-refractivity contribution is 7.99. The molecule has 0 bridgehead atoms. The van der Waals surface area contributed by atoms with Crippen LogP contribution in [0.5, 0.6) is 0 Å². The van der Waals surface area contributed by atoms with E-state index in [0.717, 1.165) is 15.9 Å². The fourth-order valence-electron chi connectivity index (χ4n) is 1.71. The summed E-state index contributed by atoms with van der Waals surface area (Å²) in [5.41, 5.74) is 7.58. The lowest BCUT2D eigenvalue weighted by Crippen LogP contribution is -1.97.